The summed E-state index contributed by atoms with van der Waals surface area (Å²) in [6.45, 7) is 4.82. The molecule has 2 nitrogen and oxygen atoms in total. The summed E-state index contributed by atoms with van der Waals surface area (Å²) in [4.78, 5) is 0. The van der Waals surface area contributed by atoms with Gasteiger partial charge in [-0.1, -0.05) is 6.58 Å². The van der Waals surface area contributed by atoms with Crippen LogP contribution in [0.4, 0.5) is 0 Å². The Labute approximate surface area is 66.7 Å². The average molecular weight is 161 g/mol. The van der Waals surface area contributed by atoms with E-state index in [4.69, 9.17) is 5.11 Å². The Balaban J connectivity index is 2.70. The minimum Gasteiger partial charge on any atom is -0.396 e. The number of hydrogen-bond acceptors (Lipinski definition) is 3. The zero-order valence-corrected chi connectivity index (χ0v) is 6.99. The molecular weight excluding hydrogens is 146 g/mol. The fourth-order valence-corrected chi connectivity index (χ4v) is 1.23. The molecule has 0 fully saturated rings. The second-order valence-electron chi connectivity index (χ2n) is 1.85. The van der Waals surface area contributed by atoms with Crippen LogP contribution in [-0.2, 0) is 0 Å². The Morgan fingerprint density at radius 2 is 2.30 bits per heavy atom. The summed E-state index contributed by atoms with van der Waals surface area (Å²) in [5.74, 6) is 1.97. The maximum absolute atomic E-state index is 8.42. The van der Waals surface area contributed by atoms with Gasteiger partial charge in [0.05, 0.1) is 6.61 Å². The highest BCUT2D eigenvalue weighted by Gasteiger charge is 1.86. The van der Waals surface area contributed by atoms with Crippen molar-refractivity contribution in [3.05, 3.63) is 12.8 Å². The van der Waals surface area contributed by atoms with Crippen LogP contribution in [0.3, 0.4) is 0 Å². The summed E-state index contributed by atoms with van der Waals surface area (Å²) in [6.07, 6.45) is 2.84. The Bertz CT molecular complexity index is 78.0. The fraction of sp³-hybridized carbons (Fsp3) is 0.714. The predicted octanol–water partition coefficient (Wildman–Crippen LogP) is 0.835. The summed E-state index contributed by atoms with van der Waals surface area (Å²) in [7, 11) is 0. The summed E-state index contributed by atoms with van der Waals surface area (Å²) in [5.41, 5.74) is 0. The maximum atomic E-state index is 8.42. The lowest BCUT2D eigenvalue weighted by Crippen LogP contribution is -2.06. The van der Waals surface area contributed by atoms with Crippen molar-refractivity contribution in [3.8, 4) is 0 Å². The first-order valence-corrected chi connectivity index (χ1v) is 4.60. The Morgan fingerprint density at radius 3 is 2.90 bits per heavy atom. The smallest absolute Gasteiger partial charge is 0.0521 e. The maximum Gasteiger partial charge on any atom is 0.0521 e. The lowest BCUT2D eigenvalue weighted by Gasteiger charge is -1.98. The van der Waals surface area contributed by atoms with E-state index < -0.39 is 0 Å². The quantitative estimate of drug-likeness (QED) is 0.543. The van der Waals surface area contributed by atoms with Crippen LogP contribution in [0.2, 0.25) is 0 Å². The van der Waals surface area contributed by atoms with E-state index in [1.165, 1.54) is 0 Å². The van der Waals surface area contributed by atoms with Gasteiger partial charge in [0, 0.05) is 12.3 Å². The van der Waals surface area contributed by atoms with Gasteiger partial charge in [0.25, 0.3) is 0 Å². The van der Waals surface area contributed by atoms with Crippen LogP contribution in [0, 0.1) is 0 Å². The molecule has 2 N–H and O–H groups in total. The van der Waals surface area contributed by atoms with Crippen molar-refractivity contribution >= 4 is 11.8 Å². The van der Waals surface area contributed by atoms with Crippen LogP contribution >= 0.6 is 11.8 Å². The third-order valence-electron chi connectivity index (χ3n) is 0.990. The Hall–Kier alpha value is -0.150. The van der Waals surface area contributed by atoms with Crippen LogP contribution in [-0.4, -0.2) is 29.8 Å². The SMILES string of the molecule is C=CNCCCSCCO. The first-order chi connectivity index (χ1) is 4.91. The molecule has 0 amide bonds. The third kappa shape index (κ3) is 7.85. The van der Waals surface area contributed by atoms with Crippen LogP contribution in [0.5, 0.6) is 0 Å². The van der Waals surface area contributed by atoms with E-state index in [-0.39, 0.29) is 0 Å². The van der Waals surface area contributed by atoms with Crippen molar-refractivity contribution in [1.82, 2.24) is 5.32 Å². The first-order valence-electron chi connectivity index (χ1n) is 3.44. The van der Waals surface area contributed by atoms with Crippen molar-refractivity contribution in [2.45, 2.75) is 6.42 Å². The van der Waals surface area contributed by atoms with E-state index in [1.807, 2.05) is 0 Å². The highest BCUT2D eigenvalue weighted by Crippen LogP contribution is 1.99. The summed E-state index contributed by atoms with van der Waals surface area (Å²) >= 11 is 1.78. The minimum absolute atomic E-state index is 0.291. The molecule has 0 rings (SSSR count). The van der Waals surface area contributed by atoms with Crippen LogP contribution in [0.1, 0.15) is 6.42 Å². The molecule has 3 heteroatoms. The van der Waals surface area contributed by atoms with Crippen LogP contribution < -0.4 is 5.32 Å². The molecule has 0 aromatic carbocycles. The first kappa shape index (κ1) is 9.85. The van der Waals surface area contributed by atoms with Crippen molar-refractivity contribution in [3.63, 3.8) is 0 Å². The van der Waals surface area contributed by atoms with E-state index in [9.17, 15) is 0 Å². The molecule has 0 saturated heterocycles. The highest BCUT2D eigenvalue weighted by molar-refractivity contribution is 7.99. The number of thioether (sulfide) groups is 1. The second-order valence-corrected chi connectivity index (χ2v) is 3.07. The van der Waals surface area contributed by atoms with E-state index in [0.29, 0.717) is 6.61 Å². The molecule has 0 bridgehead atoms. The molecule has 0 aliphatic heterocycles. The zero-order chi connectivity index (χ0) is 7.66. The van der Waals surface area contributed by atoms with Crippen LogP contribution in [0.15, 0.2) is 12.8 Å². The Morgan fingerprint density at radius 1 is 1.50 bits per heavy atom. The second kappa shape index (κ2) is 8.85. The fourth-order valence-electron chi connectivity index (χ4n) is 0.545. The monoisotopic (exact) mass is 161 g/mol. The summed E-state index contributed by atoms with van der Waals surface area (Å²) in [5, 5.41) is 11.4. The van der Waals surface area contributed by atoms with Gasteiger partial charge in [0.1, 0.15) is 0 Å². The van der Waals surface area contributed by atoms with Gasteiger partial charge in [-0.05, 0) is 18.4 Å². The average Bonchev–Trinajstić information content (AvgIpc) is 1.97. The lowest BCUT2D eigenvalue weighted by atomic mass is 10.5. The summed E-state index contributed by atoms with van der Waals surface area (Å²) < 4.78 is 0. The van der Waals surface area contributed by atoms with Crippen molar-refractivity contribution < 1.29 is 5.11 Å². The molecule has 0 heterocycles. The standard InChI is InChI=1S/C7H15NOS/c1-2-8-4-3-6-10-7-5-9/h2,8-9H,1,3-7H2. The molecule has 0 aliphatic carbocycles. The minimum atomic E-state index is 0.291. The van der Waals surface area contributed by atoms with Gasteiger partial charge in [-0.2, -0.15) is 11.8 Å². The van der Waals surface area contributed by atoms with Gasteiger partial charge in [0.15, 0.2) is 0 Å². The third-order valence-corrected chi connectivity index (χ3v) is 2.04. The lowest BCUT2D eigenvalue weighted by molar-refractivity contribution is 0.322. The normalized spacial score (nSPS) is 9.30. The molecule has 0 saturated carbocycles. The number of aliphatic hydroxyl groups excluding tert-OH is 1. The molecule has 60 valence electrons. The number of rotatable bonds is 7. The van der Waals surface area contributed by atoms with Gasteiger partial charge in [-0.25, -0.2) is 0 Å². The van der Waals surface area contributed by atoms with Gasteiger partial charge in [0.2, 0.25) is 0 Å². The van der Waals surface area contributed by atoms with Gasteiger partial charge < -0.3 is 10.4 Å². The zero-order valence-electron chi connectivity index (χ0n) is 6.18. The van der Waals surface area contributed by atoms with E-state index >= 15 is 0 Å². The molecule has 0 unspecified atom stereocenters. The van der Waals surface area contributed by atoms with E-state index in [2.05, 4.69) is 11.9 Å². The summed E-state index contributed by atoms with van der Waals surface area (Å²) in [6, 6.07) is 0. The Kier molecular flexibility index (Phi) is 8.72. The predicted molar refractivity (Wildman–Crippen MR) is 47.2 cm³/mol. The van der Waals surface area contributed by atoms with Gasteiger partial charge in [-0.3, -0.25) is 0 Å². The van der Waals surface area contributed by atoms with E-state index in [1.54, 1.807) is 18.0 Å². The number of nitrogens with one attached hydrogen (secondary N) is 1. The molecule has 0 atom stereocenters. The topological polar surface area (TPSA) is 32.3 Å². The van der Waals surface area contributed by atoms with E-state index in [0.717, 1.165) is 24.5 Å². The highest BCUT2D eigenvalue weighted by atomic mass is 32.2. The van der Waals surface area contributed by atoms with Crippen molar-refractivity contribution in [2.75, 3.05) is 24.7 Å². The molecule has 0 radical (unpaired) electrons. The molecule has 0 spiro atoms. The number of aliphatic hydroxyl groups is 1. The number of hydrogen-bond donors (Lipinski definition) is 2. The largest absolute Gasteiger partial charge is 0.396 e. The van der Waals surface area contributed by atoms with Crippen molar-refractivity contribution in [2.24, 2.45) is 0 Å². The van der Waals surface area contributed by atoms with Gasteiger partial charge >= 0.3 is 0 Å². The molecule has 0 aromatic heterocycles. The molecule has 10 heavy (non-hydrogen) atoms. The molecular formula is C7H15NOS. The molecule has 0 aromatic rings. The van der Waals surface area contributed by atoms with Crippen molar-refractivity contribution in [1.29, 1.82) is 0 Å². The van der Waals surface area contributed by atoms with Gasteiger partial charge in [-0.15, -0.1) is 0 Å². The molecule has 0 aliphatic rings. The van der Waals surface area contributed by atoms with Crippen LogP contribution in [0.25, 0.3) is 0 Å².